The van der Waals surface area contributed by atoms with Gasteiger partial charge in [0.05, 0.1) is 0 Å². The van der Waals surface area contributed by atoms with Crippen LogP contribution < -0.4 is 0 Å². The highest BCUT2D eigenvalue weighted by Gasteiger charge is 2.45. The molecule has 0 aliphatic heterocycles. The first kappa shape index (κ1) is 13.4. The SMILES string of the molecule is C=C(C)C(=O)C(C)(C(=O)C(=C)C)C1C=CC=C1. The Morgan fingerprint density at radius 1 is 1.00 bits per heavy atom. The van der Waals surface area contributed by atoms with E-state index < -0.39 is 5.41 Å². The lowest BCUT2D eigenvalue weighted by atomic mass is 9.68. The molecule has 0 unspecified atom stereocenters. The average molecular weight is 230 g/mol. The number of carbonyl (C=O) groups excluding carboxylic acids is 2. The van der Waals surface area contributed by atoms with E-state index in [2.05, 4.69) is 13.2 Å². The van der Waals surface area contributed by atoms with E-state index in [0.29, 0.717) is 11.1 Å². The van der Waals surface area contributed by atoms with Gasteiger partial charge in [-0.2, -0.15) is 0 Å². The second-order valence-electron chi connectivity index (χ2n) is 4.72. The molecular formula is C15H18O2. The van der Waals surface area contributed by atoms with Crippen molar-refractivity contribution in [2.75, 3.05) is 0 Å². The topological polar surface area (TPSA) is 34.1 Å². The number of hydrogen-bond acceptors (Lipinski definition) is 2. The molecule has 0 atom stereocenters. The third-order valence-electron chi connectivity index (χ3n) is 3.13. The van der Waals surface area contributed by atoms with Crippen molar-refractivity contribution in [2.24, 2.45) is 11.3 Å². The molecule has 90 valence electrons. The van der Waals surface area contributed by atoms with Crippen molar-refractivity contribution in [1.29, 1.82) is 0 Å². The average Bonchev–Trinajstić information content (AvgIpc) is 2.79. The lowest BCUT2D eigenvalue weighted by Gasteiger charge is -2.31. The first-order valence-corrected chi connectivity index (χ1v) is 5.57. The minimum absolute atomic E-state index is 0.212. The van der Waals surface area contributed by atoms with Crippen molar-refractivity contribution in [1.82, 2.24) is 0 Å². The molecule has 0 saturated heterocycles. The second kappa shape index (κ2) is 4.66. The Morgan fingerprint density at radius 3 is 1.65 bits per heavy atom. The molecule has 2 heteroatoms. The van der Waals surface area contributed by atoms with Gasteiger partial charge in [0.15, 0.2) is 11.6 Å². The highest BCUT2D eigenvalue weighted by molar-refractivity contribution is 6.18. The maximum Gasteiger partial charge on any atom is 0.172 e. The summed E-state index contributed by atoms with van der Waals surface area (Å²) in [4.78, 5) is 24.5. The maximum atomic E-state index is 12.3. The zero-order valence-corrected chi connectivity index (χ0v) is 10.6. The monoisotopic (exact) mass is 230 g/mol. The summed E-state index contributed by atoms with van der Waals surface area (Å²) in [6.45, 7) is 12.2. The molecular weight excluding hydrogens is 212 g/mol. The molecule has 1 aliphatic rings. The zero-order valence-electron chi connectivity index (χ0n) is 10.6. The van der Waals surface area contributed by atoms with Gasteiger partial charge in [-0.25, -0.2) is 0 Å². The fourth-order valence-corrected chi connectivity index (χ4v) is 2.11. The van der Waals surface area contributed by atoms with Gasteiger partial charge in [-0.05, 0) is 31.9 Å². The van der Waals surface area contributed by atoms with E-state index in [9.17, 15) is 9.59 Å². The molecule has 0 spiro atoms. The molecule has 0 aromatic carbocycles. The minimum Gasteiger partial charge on any atom is -0.293 e. The van der Waals surface area contributed by atoms with Gasteiger partial charge in [-0.3, -0.25) is 9.59 Å². The predicted octanol–water partition coefficient (Wildman–Crippen LogP) is 3.03. The van der Waals surface area contributed by atoms with Crippen LogP contribution in [0.15, 0.2) is 48.6 Å². The van der Waals surface area contributed by atoms with Crippen LogP contribution in [0.25, 0.3) is 0 Å². The van der Waals surface area contributed by atoms with E-state index in [1.165, 1.54) is 0 Å². The van der Waals surface area contributed by atoms with Crippen molar-refractivity contribution in [3.05, 3.63) is 48.6 Å². The number of allylic oxidation sites excluding steroid dienone is 6. The van der Waals surface area contributed by atoms with Gasteiger partial charge in [-0.15, -0.1) is 0 Å². The Labute approximate surface area is 102 Å². The Balaban J connectivity index is 3.26. The minimum atomic E-state index is -1.11. The molecule has 17 heavy (non-hydrogen) atoms. The molecule has 0 amide bonds. The highest BCUT2D eigenvalue weighted by Crippen LogP contribution is 2.37. The quantitative estimate of drug-likeness (QED) is 0.537. The number of ketones is 2. The first-order chi connectivity index (χ1) is 7.81. The van der Waals surface area contributed by atoms with Gasteiger partial charge < -0.3 is 0 Å². The molecule has 0 radical (unpaired) electrons. The fraction of sp³-hybridized carbons (Fsp3) is 0.333. The van der Waals surface area contributed by atoms with Gasteiger partial charge in [-0.1, -0.05) is 37.5 Å². The van der Waals surface area contributed by atoms with E-state index in [1.807, 2.05) is 24.3 Å². The Morgan fingerprint density at radius 2 is 1.35 bits per heavy atom. The maximum absolute atomic E-state index is 12.3. The Kier molecular flexibility index (Phi) is 3.66. The molecule has 0 heterocycles. The van der Waals surface area contributed by atoms with Gasteiger partial charge in [0.2, 0.25) is 0 Å². The van der Waals surface area contributed by atoms with Crippen molar-refractivity contribution < 1.29 is 9.59 Å². The molecule has 0 saturated carbocycles. The van der Waals surface area contributed by atoms with Crippen LogP contribution >= 0.6 is 0 Å². The van der Waals surface area contributed by atoms with Crippen LogP contribution in [0.1, 0.15) is 20.8 Å². The van der Waals surface area contributed by atoms with Crippen molar-refractivity contribution in [2.45, 2.75) is 20.8 Å². The summed E-state index contributed by atoms with van der Waals surface area (Å²) in [5.74, 6) is -0.644. The van der Waals surface area contributed by atoms with Gasteiger partial charge in [0.1, 0.15) is 5.41 Å². The smallest absolute Gasteiger partial charge is 0.172 e. The van der Waals surface area contributed by atoms with Crippen LogP contribution in [-0.4, -0.2) is 11.6 Å². The second-order valence-corrected chi connectivity index (χ2v) is 4.72. The lowest BCUT2D eigenvalue weighted by Crippen LogP contribution is -2.42. The summed E-state index contributed by atoms with van der Waals surface area (Å²) in [5, 5.41) is 0. The van der Waals surface area contributed by atoms with Gasteiger partial charge >= 0.3 is 0 Å². The summed E-state index contributed by atoms with van der Waals surface area (Å²) in [6, 6.07) is 0. The number of carbonyl (C=O) groups is 2. The van der Waals surface area contributed by atoms with Crippen molar-refractivity contribution >= 4 is 11.6 Å². The number of rotatable bonds is 5. The molecule has 1 aliphatic carbocycles. The summed E-state index contributed by atoms with van der Waals surface area (Å²) in [7, 11) is 0. The van der Waals surface area contributed by atoms with Crippen LogP contribution in [0, 0.1) is 11.3 Å². The van der Waals surface area contributed by atoms with Gasteiger partial charge in [0.25, 0.3) is 0 Å². The third-order valence-corrected chi connectivity index (χ3v) is 3.13. The van der Waals surface area contributed by atoms with E-state index in [4.69, 9.17) is 0 Å². The molecule has 1 rings (SSSR count). The standard InChI is InChI=1S/C15H18O2/c1-10(2)13(16)15(5,14(17)11(3)4)12-8-6-7-9-12/h6-9,12H,1,3H2,2,4-5H3. The molecule has 0 bridgehead atoms. The van der Waals surface area contributed by atoms with E-state index >= 15 is 0 Å². The predicted molar refractivity (Wildman–Crippen MR) is 69.5 cm³/mol. The van der Waals surface area contributed by atoms with Crippen molar-refractivity contribution in [3.8, 4) is 0 Å². The van der Waals surface area contributed by atoms with E-state index in [0.717, 1.165) is 0 Å². The number of Topliss-reactive ketones (excluding diaryl/α,β-unsaturated/α-hetero) is 2. The first-order valence-electron chi connectivity index (χ1n) is 5.57. The summed E-state index contributed by atoms with van der Waals surface area (Å²) in [5.41, 5.74) is -0.312. The highest BCUT2D eigenvalue weighted by atomic mass is 16.2. The number of hydrogen-bond donors (Lipinski definition) is 0. The molecule has 0 fully saturated rings. The van der Waals surface area contributed by atoms with Crippen LogP contribution in [0.4, 0.5) is 0 Å². The largest absolute Gasteiger partial charge is 0.293 e. The summed E-state index contributed by atoms with van der Waals surface area (Å²) in [6.07, 6.45) is 7.42. The molecule has 0 aromatic heterocycles. The van der Waals surface area contributed by atoms with Crippen LogP contribution in [-0.2, 0) is 9.59 Å². The third kappa shape index (κ3) is 2.21. The molecule has 0 N–H and O–H groups in total. The lowest BCUT2D eigenvalue weighted by molar-refractivity contribution is -0.136. The van der Waals surface area contributed by atoms with Crippen LogP contribution in [0.2, 0.25) is 0 Å². The summed E-state index contributed by atoms with van der Waals surface area (Å²) < 4.78 is 0. The van der Waals surface area contributed by atoms with Crippen LogP contribution in [0.5, 0.6) is 0 Å². The van der Waals surface area contributed by atoms with E-state index in [1.54, 1.807) is 20.8 Å². The molecule has 0 aromatic rings. The van der Waals surface area contributed by atoms with Crippen LogP contribution in [0.3, 0.4) is 0 Å². The normalized spacial score (nSPS) is 15.0. The zero-order chi connectivity index (χ0) is 13.2. The van der Waals surface area contributed by atoms with E-state index in [-0.39, 0.29) is 17.5 Å². The Hall–Kier alpha value is -1.70. The van der Waals surface area contributed by atoms with Crippen molar-refractivity contribution in [3.63, 3.8) is 0 Å². The Bertz CT molecular complexity index is 412. The van der Waals surface area contributed by atoms with Gasteiger partial charge in [0, 0.05) is 5.92 Å². The molecule has 2 nitrogen and oxygen atoms in total. The summed E-state index contributed by atoms with van der Waals surface area (Å²) >= 11 is 0. The fourth-order valence-electron chi connectivity index (χ4n) is 2.11.